The van der Waals surface area contributed by atoms with Crippen molar-refractivity contribution in [1.82, 2.24) is 19.5 Å². The Morgan fingerprint density at radius 1 is 1.30 bits per heavy atom. The van der Waals surface area contributed by atoms with Crippen molar-refractivity contribution in [3.63, 3.8) is 0 Å². The fraction of sp³-hybridized carbons (Fsp3) is 0.476. The smallest absolute Gasteiger partial charge is 0.242 e. The topological polar surface area (TPSA) is 88.0 Å². The fourth-order valence-electron chi connectivity index (χ4n) is 3.47. The average Bonchev–Trinajstić information content (AvgIpc) is 3.18. The summed E-state index contributed by atoms with van der Waals surface area (Å²) in [5, 5.41) is 3.31. The quantitative estimate of drug-likeness (QED) is 0.394. The molecule has 1 aliphatic heterocycles. The number of aryl methyl sites for hydroxylation is 2. The summed E-state index contributed by atoms with van der Waals surface area (Å²) in [7, 11) is -1.73. The van der Waals surface area contributed by atoms with Gasteiger partial charge in [0, 0.05) is 39.1 Å². The number of guanidine groups is 1. The normalized spacial score (nSPS) is 17.9. The molecule has 164 valence electrons. The van der Waals surface area contributed by atoms with E-state index in [1.807, 2.05) is 19.1 Å². The van der Waals surface area contributed by atoms with Crippen LogP contribution < -0.4 is 10.0 Å². The van der Waals surface area contributed by atoms with Crippen LogP contribution in [0.3, 0.4) is 0 Å². The van der Waals surface area contributed by atoms with Crippen molar-refractivity contribution in [2.24, 2.45) is 12.0 Å². The van der Waals surface area contributed by atoms with Gasteiger partial charge in [-0.1, -0.05) is 24.3 Å². The fourth-order valence-corrected chi connectivity index (χ4v) is 4.54. The molecule has 2 aromatic rings. The van der Waals surface area contributed by atoms with Crippen LogP contribution in [0.25, 0.3) is 0 Å². The standard InChI is InChI=1S/C21H31N5O3S/c1-4-22-21(23-10-11-24-30(27,28)18-9-12-25(3)15-18)26-13-14-29-20(16-26)19-8-6-5-7-17(19)2/h5-9,12,15,20,24H,4,10-11,13-14,16H2,1-3H3,(H,22,23). The molecule has 1 unspecified atom stereocenters. The van der Waals surface area contributed by atoms with Crippen LogP contribution in [-0.4, -0.2) is 63.2 Å². The van der Waals surface area contributed by atoms with Crippen LogP contribution in [0.2, 0.25) is 0 Å². The highest BCUT2D eigenvalue weighted by molar-refractivity contribution is 7.89. The predicted molar refractivity (Wildman–Crippen MR) is 118 cm³/mol. The molecule has 2 heterocycles. The monoisotopic (exact) mass is 433 g/mol. The Morgan fingerprint density at radius 2 is 2.10 bits per heavy atom. The van der Waals surface area contributed by atoms with Gasteiger partial charge in [-0.2, -0.15) is 0 Å². The number of nitrogens with one attached hydrogen (secondary N) is 2. The van der Waals surface area contributed by atoms with E-state index in [2.05, 4.69) is 39.0 Å². The van der Waals surface area contributed by atoms with Gasteiger partial charge < -0.3 is 19.5 Å². The molecule has 0 aliphatic carbocycles. The zero-order valence-electron chi connectivity index (χ0n) is 17.8. The second-order valence-corrected chi connectivity index (χ2v) is 9.08. The Balaban J connectivity index is 1.61. The lowest BCUT2D eigenvalue weighted by atomic mass is 10.0. The number of ether oxygens (including phenoxy) is 1. The van der Waals surface area contributed by atoms with E-state index in [0.717, 1.165) is 19.0 Å². The van der Waals surface area contributed by atoms with Crippen molar-refractivity contribution in [2.75, 3.05) is 39.3 Å². The SMILES string of the molecule is CCNC(=NCCNS(=O)(=O)c1ccn(C)c1)N1CCOC(c2ccccc2C)C1. The third kappa shape index (κ3) is 5.62. The van der Waals surface area contributed by atoms with Gasteiger partial charge in [-0.3, -0.25) is 4.99 Å². The third-order valence-electron chi connectivity index (χ3n) is 5.02. The molecule has 1 fully saturated rings. The highest BCUT2D eigenvalue weighted by Gasteiger charge is 2.25. The van der Waals surface area contributed by atoms with Gasteiger partial charge in [0.1, 0.15) is 6.10 Å². The van der Waals surface area contributed by atoms with E-state index < -0.39 is 10.0 Å². The molecule has 0 bridgehead atoms. The molecule has 0 spiro atoms. The molecule has 2 N–H and O–H groups in total. The number of benzene rings is 1. The maximum atomic E-state index is 12.3. The molecule has 0 radical (unpaired) electrons. The van der Waals surface area contributed by atoms with Gasteiger partial charge in [-0.15, -0.1) is 0 Å². The second-order valence-electron chi connectivity index (χ2n) is 7.31. The molecule has 3 rings (SSSR count). The van der Waals surface area contributed by atoms with Gasteiger partial charge in [-0.25, -0.2) is 13.1 Å². The summed E-state index contributed by atoms with van der Waals surface area (Å²) >= 11 is 0. The van der Waals surface area contributed by atoms with Gasteiger partial charge in [0.25, 0.3) is 0 Å². The number of aliphatic imine (C=N–C) groups is 1. The Bertz CT molecular complexity index is 971. The maximum absolute atomic E-state index is 12.3. The van der Waals surface area contributed by atoms with Crippen LogP contribution in [0, 0.1) is 6.92 Å². The minimum absolute atomic E-state index is 0.0135. The molecule has 8 nitrogen and oxygen atoms in total. The highest BCUT2D eigenvalue weighted by Crippen LogP contribution is 2.24. The molecule has 30 heavy (non-hydrogen) atoms. The Labute approximate surface area is 179 Å². The summed E-state index contributed by atoms with van der Waals surface area (Å²) < 4.78 is 35.0. The van der Waals surface area contributed by atoms with Gasteiger partial charge >= 0.3 is 0 Å². The number of aromatic nitrogens is 1. The first-order chi connectivity index (χ1) is 14.4. The molecule has 9 heteroatoms. The number of hydrogen-bond acceptors (Lipinski definition) is 4. The number of hydrogen-bond donors (Lipinski definition) is 2. The minimum Gasteiger partial charge on any atom is -0.370 e. The number of rotatable bonds is 7. The van der Waals surface area contributed by atoms with Crippen molar-refractivity contribution < 1.29 is 13.2 Å². The van der Waals surface area contributed by atoms with E-state index in [-0.39, 0.29) is 17.5 Å². The second kappa shape index (κ2) is 10.1. The first kappa shape index (κ1) is 22.3. The van der Waals surface area contributed by atoms with Crippen LogP contribution in [0.5, 0.6) is 0 Å². The van der Waals surface area contributed by atoms with E-state index in [1.54, 1.807) is 30.1 Å². The summed E-state index contributed by atoms with van der Waals surface area (Å²) in [6, 6.07) is 9.83. The lowest BCUT2D eigenvalue weighted by Gasteiger charge is -2.35. The first-order valence-corrected chi connectivity index (χ1v) is 11.7. The van der Waals surface area contributed by atoms with Crippen molar-refractivity contribution in [2.45, 2.75) is 24.8 Å². The van der Waals surface area contributed by atoms with E-state index in [1.165, 1.54) is 11.1 Å². The van der Waals surface area contributed by atoms with Gasteiger partial charge in [0.2, 0.25) is 10.0 Å². The number of sulfonamides is 1. The molecular formula is C21H31N5O3S. The number of morpholine rings is 1. The zero-order chi connectivity index (χ0) is 21.6. The molecule has 1 aromatic carbocycles. The molecule has 1 aliphatic rings. The van der Waals surface area contributed by atoms with Crippen LogP contribution >= 0.6 is 0 Å². The Hall–Kier alpha value is -2.36. The zero-order valence-corrected chi connectivity index (χ0v) is 18.7. The van der Waals surface area contributed by atoms with Gasteiger partial charge in [-0.05, 0) is 31.0 Å². The summed E-state index contributed by atoms with van der Waals surface area (Å²) in [6.07, 6.45) is 3.27. The largest absolute Gasteiger partial charge is 0.370 e. The lowest BCUT2D eigenvalue weighted by molar-refractivity contribution is -0.00832. The van der Waals surface area contributed by atoms with E-state index in [0.29, 0.717) is 19.7 Å². The van der Waals surface area contributed by atoms with Gasteiger partial charge in [0.05, 0.1) is 24.6 Å². The van der Waals surface area contributed by atoms with Crippen LogP contribution in [0.4, 0.5) is 0 Å². The van der Waals surface area contributed by atoms with Crippen LogP contribution in [-0.2, 0) is 21.8 Å². The van der Waals surface area contributed by atoms with Gasteiger partial charge in [0.15, 0.2) is 5.96 Å². The average molecular weight is 434 g/mol. The van der Waals surface area contributed by atoms with Crippen LogP contribution in [0.15, 0.2) is 52.6 Å². The summed E-state index contributed by atoms with van der Waals surface area (Å²) in [5.74, 6) is 0.776. The molecule has 0 amide bonds. The van der Waals surface area contributed by atoms with Crippen molar-refractivity contribution in [1.29, 1.82) is 0 Å². The van der Waals surface area contributed by atoms with E-state index in [4.69, 9.17) is 4.74 Å². The first-order valence-electron chi connectivity index (χ1n) is 10.2. The number of nitrogens with zero attached hydrogens (tertiary/aromatic N) is 3. The Kier molecular flexibility index (Phi) is 7.52. The van der Waals surface area contributed by atoms with Crippen molar-refractivity contribution in [3.8, 4) is 0 Å². The third-order valence-corrected chi connectivity index (χ3v) is 6.46. The van der Waals surface area contributed by atoms with E-state index >= 15 is 0 Å². The van der Waals surface area contributed by atoms with Crippen molar-refractivity contribution in [3.05, 3.63) is 53.9 Å². The maximum Gasteiger partial charge on any atom is 0.242 e. The minimum atomic E-state index is -3.52. The molecule has 0 saturated carbocycles. The highest BCUT2D eigenvalue weighted by atomic mass is 32.2. The van der Waals surface area contributed by atoms with Crippen molar-refractivity contribution >= 4 is 16.0 Å². The molecule has 1 aromatic heterocycles. The van der Waals surface area contributed by atoms with Crippen LogP contribution in [0.1, 0.15) is 24.2 Å². The predicted octanol–water partition coefficient (Wildman–Crippen LogP) is 1.65. The summed E-state index contributed by atoms with van der Waals surface area (Å²) in [5.41, 5.74) is 2.40. The molecule has 1 atom stereocenters. The summed E-state index contributed by atoms with van der Waals surface area (Å²) in [4.78, 5) is 7.07. The molecule has 1 saturated heterocycles. The lowest BCUT2D eigenvalue weighted by Crippen LogP contribution is -2.48. The molecular weight excluding hydrogens is 402 g/mol. The summed E-state index contributed by atoms with van der Waals surface area (Å²) in [6.45, 7) is 7.49. The van der Waals surface area contributed by atoms with E-state index in [9.17, 15) is 8.42 Å². The Morgan fingerprint density at radius 3 is 2.80 bits per heavy atom.